The van der Waals surface area contributed by atoms with E-state index >= 15 is 0 Å². The maximum atomic E-state index is 10.7. The van der Waals surface area contributed by atoms with Gasteiger partial charge in [0.25, 0.3) is 5.91 Å². The van der Waals surface area contributed by atoms with Gasteiger partial charge in [-0.25, -0.2) is 5.43 Å². The molecule has 0 aliphatic carbocycles. The molecule has 0 bridgehead atoms. The second kappa shape index (κ2) is 2.47. The Morgan fingerprint density at radius 3 is 3.00 bits per heavy atom. The maximum absolute atomic E-state index is 10.7. The van der Waals surface area contributed by atoms with Crippen LogP contribution in [0.2, 0.25) is 0 Å². The van der Waals surface area contributed by atoms with Gasteiger partial charge in [0.1, 0.15) is 5.92 Å². The van der Waals surface area contributed by atoms with Crippen molar-refractivity contribution in [3.05, 3.63) is 0 Å². The fourth-order valence-electron chi connectivity index (χ4n) is 0.714. The van der Waals surface area contributed by atoms with Crippen molar-refractivity contribution in [2.24, 2.45) is 16.2 Å². The summed E-state index contributed by atoms with van der Waals surface area (Å²) in [6.45, 7) is 1.68. The van der Waals surface area contributed by atoms with Gasteiger partial charge in [-0.15, -0.1) is 5.16 Å². The van der Waals surface area contributed by atoms with Gasteiger partial charge < -0.3 is 5.21 Å². The summed E-state index contributed by atoms with van der Waals surface area (Å²) in [7, 11) is 0. The van der Waals surface area contributed by atoms with Crippen LogP contribution in [-0.2, 0) is 4.79 Å². The molecule has 1 aliphatic heterocycles. The van der Waals surface area contributed by atoms with Gasteiger partial charge in [-0.3, -0.25) is 4.79 Å². The molecule has 0 aromatic carbocycles. The lowest BCUT2D eigenvalue weighted by molar-refractivity contribution is -0.120. The molecule has 0 spiro atoms. The van der Waals surface area contributed by atoms with Crippen LogP contribution in [0.4, 0.5) is 0 Å². The van der Waals surface area contributed by atoms with Gasteiger partial charge >= 0.3 is 0 Å². The molecule has 1 unspecified atom stereocenters. The lowest BCUT2D eigenvalue weighted by atomic mass is 10.1. The number of hydrazone groups is 1. The van der Waals surface area contributed by atoms with Crippen LogP contribution in [0.3, 0.4) is 0 Å². The number of oxime groups is 1. The standard InChI is InChI=1S/C5H7N3O2/c1-3-4(2-6-10)5(9)8-7-3/h2,4,10H,1H3,(H,8,9). The SMILES string of the molecule is CC1=NNC(=O)C1C=NO. The Morgan fingerprint density at radius 1 is 1.90 bits per heavy atom. The van der Waals surface area contributed by atoms with Crippen molar-refractivity contribution in [1.82, 2.24) is 5.43 Å². The number of hydrogen-bond donors (Lipinski definition) is 2. The highest BCUT2D eigenvalue weighted by Gasteiger charge is 2.24. The second-order valence-corrected chi connectivity index (χ2v) is 1.97. The van der Waals surface area contributed by atoms with Gasteiger partial charge in [-0.2, -0.15) is 5.10 Å². The minimum Gasteiger partial charge on any atom is -0.411 e. The zero-order chi connectivity index (χ0) is 7.56. The van der Waals surface area contributed by atoms with Crippen LogP contribution < -0.4 is 5.43 Å². The summed E-state index contributed by atoms with van der Waals surface area (Å²) in [6, 6.07) is 0. The third-order valence-corrected chi connectivity index (χ3v) is 1.29. The zero-order valence-electron chi connectivity index (χ0n) is 5.40. The molecule has 0 aromatic rings. The molecular formula is C5H7N3O2. The summed E-state index contributed by atoms with van der Waals surface area (Å²) in [5, 5.41) is 14.5. The lowest BCUT2D eigenvalue weighted by Gasteiger charge is -1.95. The number of carbonyl (C=O) groups excluding carboxylic acids is 1. The maximum Gasteiger partial charge on any atom is 0.254 e. The summed E-state index contributed by atoms with van der Waals surface area (Å²) < 4.78 is 0. The van der Waals surface area contributed by atoms with Gasteiger partial charge in [0, 0.05) is 0 Å². The third-order valence-electron chi connectivity index (χ3n) is 1.29. The molecule has 1 atom stereocenters. The summed E-state index contributed by atoms with van der Waals surface area (Å²) >= 11 is 0. The second-order valence-electron chi connectivity index (χ2n) is 1.97. The van der Waals surface area contributed by atoms with Crippen LogP contribution in [0.1, 0.15) is 6.92 Å². The third kappa shape index (κ3) is 0.975. The van der Waals surface area contributed by atoms with E-state index in [1.165, 1.54) is 0 Å². The first kappa shape index (κ1) is 6.73. The summed E-state index contributed by atoms with van der Waals surface area (Å²) in [5.74, 6) is -0.750. The van der Waals surface area contributed by atoms with Crippen molar-refractivity contribution >= 4 is 17.8 Å². The minimum atomic E-state index is -0.495. The van der Waals surface area contributed by atoms with E-state index < -0.39 is 5.92 Å². The Morgan fingerprint density at radius 2 is 2.60 bits per heavy atom. The lowest BCUT2D eigenvalue weighted by Crippen LogP contribution is -2.23. The first-order chi connectivity index (χ1) is 4.75. The molecule has 54 valence electrons. The van der Waals surface area contributed by atoms with Crippen molar-refractivity contribution in [2.75, 3.05) is 0 Å². The minimum absolute atomic E-state index is 0.254. The van der Waals surface area contributed by atoms with E-state index in [0.717, 1.165) is 6.21 Å². The average Bonchev–Trinajstić information content (AvgIpc) is 2.20. The Kier molecular flexibility index (Phi) is 1.66. The van der Waals surface area contributed by atoms with E-state index in [4.69, 9.17) is 5.21 Å². The van der Waals surface area contributed by atoms with Crippen LogP contribution in [0.5, 0.6) is 0 Å². The monoisotopic (exact) mass is 141 g/mol. The first-order valence-corrected chi connectivity index (χ1v) is 2.77. The fourth-order valence-corrected chi connectivity index (χ4v) is 0.714. The van der Waals surface area contributed by atoms with Crippen molar-refractivity contribution in [3.8, 4) is 0 Å². The van der Waals surface area contributed by atoms with Gasteiger partial charge in [0.15, 0.2) is 0 Å². The molecule has 1 heterocycles. The molecule has 2 N–H and O–H groups in total. The predicted molar refractivity (Wildman–Crippen MR) is 35.0 cm³/mol. The van der Waals surface area contributed by atoms with E-state index in [-0.39, 0.29) is 5.91 Å². The zero-order valence-corrected chi connectivity index (χ0v) is 5.40. The molecule has 5 heteroatoms. The van der Waals surface area contributed by atoms with Gasteiger partial charge in [0.2, 0.25) is 0 Å². The topological polar surface area (TPSA) is 74.0 Å². The van der Waals surface area contributed by atoms with Gasteiger partial charge in [0.05, 0.1) is 11.9 Å². The quantitative estimate of drug-likeness (QED) is 0.295. The number of rotatable bonds is 1. The summed E-state index contributed by atoms with van der Waals surface area (Å²) in [6.07, 6.45) is 1.14. The Hall–Kier alpha value is -1.39. The Balaban J connectivity index is 2.74. The number of hydrogen-bond acceptors (Lipinski definition) is 4. The van der Waals surface area contributed by atoms with Gasteiger partial charge in [-0.1, -0.05) is 0 Å². The van der Waals surface area contributed by atoms with Crippen LogP contribution in [0, 0.1) is 5.92 Å². The van der Waals surface area contributed by atoms with Crippen molar-refractivity contribution < 1.29 is 10.0 Å². The normalized spacial score (nSPS) is 25.1. The highest BCUT2D eigenvalue weighted by molar-refractivity contribution is 6.17. The summed E-state index contributed by atoms with van der Waals surface area (Å²) in [4.78, 5) is 10.7. The molecule has 0 fully saturated rings. The number of nitrogens with one attached hydrogen (secondary N) is 1. The van der Waals surface area contributed by atoms with Crippen molar-refractivity contribution in [3.63, 3.8) is 0 Å². The van der Waals surface area contributed by atoms with Crippen LogP contribution >= 0.6 is 0 Å². The van der Waals surface area contributed by atoms with E-state index in [2.05, 4.69) is 15.7 Å². The Labute approximate surface area is 57.4 Å². The molecule has 0 saturated heterocycles. The molecule has 1 rings (SSSR count). The highest BCUT2D eigenvalue weighted by Crippen LogP contribution is 2.02. The smallest absolute Gasteiger partial charge is 0.254 e. The van der Waals surface area contributed by atoms with E-state index in [1.807, 2.05) is 0 Å². The van der Waals surface area contributed by atoms with Crippen LogP contribution in [0.15, 0.2) is 10.3 Å². The highest BCUT2D eigenvalue weighted by atomic mass is 16.4. The molecule has 10 heavy (non-hydrogen) atoms. The molecule has 0 aromatic heterocycles. The van der Waals surface area contributed by atoms with E-state index in [1.54, 1.807) is 6.92 Å². The molecule has 0 saturated carbocycles. The van der Waals surface area contributed by atoms with E-state index in [9.17, 15) is 4.79 Å². The predicted octanol–water partition coefficient (Wildman–Crippen LogP) is -0.432. The van der Waals surface area contributed by atoms with Crippen LogP contribution in [0.25, 0.3) is 0 Å². The molecule has 1 aliphatic rings. The van der Waals surface area contributed by atoms with Gasteiger partial charge in [-0.05, 0) is 6.92 Å². The number of carbonyl (C=O) groups is 1. The average molecular weight is 141 g/mol. The number of amides is 1. The summed E-state index contributed by atoms with van der Waals surface area (Å²) in [5.41, 5.74) is 2.86. The largest absolute Gasteiger partial charge is 0.411 e. The number of nitrogens with zero attached hydrogens (tertiary/aromatic N) is 2. The van der Waals surface area contributed by atoms with Crippen molar-refractivity contribution in [2.45, 2.75) is 6.92 Å². The van der Waals surface area contributed by atoms with E-state index in [0.29, 0.717) is 5.71 Å². The molecule has 0 radical (unpaired) electrons. The van der Waals surface area contributed by atoms with Crippen molar-refractivity contribution in [1.29, 1.82) is 0 Å². The molecular weight excluding hydrogens is 134 g/mol. The Bertz CT molecular complexity index is 209. The first-order valence-electron chi connectivity index (χ1n) is 2.77. The van der Waals surface area contributed by atoms with Crippen LogP contribution in [-0.4, -0.2) is 23.0 Å². The fraction of sp³-hybridized carbons (Fsp3) is 0.400. The molecule has 1 amide bonds. The molecule has 5 nitrogen and oxygen atoms in total.